The Morgan fingerprint density at radius 2 is 1.48 bits per heavy atom. The molecule has 0 aliphatic rings. The van der Waals surface area contributed by atoms with Gasteiger partial charge >= 0.3 is 29.6 Å². The van der Waals surface area contributed by atoms with E-state index in [9.17, 15) is 17.8 Å². The van der Waals surface area contributed by atoms with E-state index in [-0.39, 0.29) is 46.9 Å². The van der Waals surface area contributed by atoms with Crippen molar-refractivity contribution in [3.63, 3.8) is 0 Å². The molecule has 0 aliphatic carbocycles. The van der Waals surface area contributed by atoms with E-state index in [0.29, 0.717) is 6.42 Å². The number of hydrogen-bond acceptors (Lipinski definition) is 5. The predicted molar refractivity (Wildman–Crippen MR) is 129 cm³/mol. The zero-order chi connectivity index (χ0) is 23.7. The van der Waals surface area contributed by atoms with E-state index < -0.39 is 15.0 Å². The molecule has 0 atom stereocenters. The van der Waals surface area contributed by atoms with Crippen LogP contribution in [-0.2, 0) is 14.9 Å². The third-order valence-corrected chi connectivity index (χ3v) is 6.24. The van der Waals surface area contributed by atoms with E-state index in [1.54, 1.807) is 0 Å². The first-order valence-electron chi connectivity index (χ1n) is 12.0. The van der Waals surface area contributed by atoms with Crippen molar-refractivity contribution >= 4 is 21.7 Å². The van der Waals surface area contributed by atoms with E-state index >= 15 is 0 Å². The normalized spacial score (nSPS) is 11.4. The molecule has 8 heteroatoms. The summed E-state index contributed by atoms with van der Waals surface area (Å²) in [5.74, 6) is -0.225. The molecule has 0 saturated carbocycles. The van der Waals surface area contributed by atoms with Gasteiger partial charge in [0.2, 0.25) is 5.91 Å². The zero-order valence-electron chi connectivity index (χ0n) is 20.7. The second-order valence-electron chi connectivity index (χ2n) is 8.20. The number of allylic oxidation sites excluding steroid dienone is 2. The van der Waals surface area contributed by atoms with Crippen molar-refractivity contribution in [1.82, 2.24) is 0 Å². The van der Waals surface area contributed by atoms with Gasteiger partial charge in [0.25, 0.3) is 0 Å². The number of carbonyl (C=O) groups is 1. The molecule has 0 aliphatic heterocycles. The standard InChI is InChI=1S/C25H41NO5S.Na/c1-3-4-5-6-7-8-9-10-11-12-13-14-15-16-17-18-25(27)26-22-19-20-23(31-2)24(21-22)32(28,29)30;/h10-11,19-21H,3-9,12-18H2,1-2H3,(H,26,27)(H,28,29,30);/q;+1/p-1/b11-10-;. The molecule has 0 spiro atoms. The number of unbranched alkanes of at least 4 members (excludes halogenated alkanes) is 11. The summed E-state index contributed by atoms with van der Waals surface area (Å²) in [6.07, 6.45) is 20.5. The van der Waals surface area contributed by atoms with Gasteiger partial charge < -0.3 is 14.6 Å². The second-order valence-corrected chi connectivity index (χ2v) is 9.55. The molecular formula is C25H40NNaO5S. The first-order chi connectivity index (χ1) is 15.4. The number of amides is 1. The van der Waals surface area contributed by atoms with Crippen LogP contribution in [0, 0.1) is 0 Å². The quantitative estimate of drug-likeness (QED) is 0.147. The van der Waals surface area contributed by atoms with E-state index in [1.807, 2.05) is 0 Å². The maximum atomic E-state index is 12.1. The molecule has 0 saturated heterocycles. The van der Waals surface area contributed by atoms with Crippen molar-refractivity contribution in [2.75, 3.05) is 12.4 Å². The summed E-state index contributed by atoms with van der Waals surface area (Å²) >= 11 is 0. The molecule has 1 aromatic carbocycles. The van der Waals surface area contributed by atoms with Gasteiger partial charge in [-0.15, -0.1) is 0 Å². The average molecular weight is 490 g/mol. The largest absolute Gasteiger partial charge is 1.00 e. The topological polar surface area (TPSA) is 95.5 Å². The first-order valence-corrected chi connectivity index (χ1v) is 13.4. The van der Waals surface area contributed by atoms with Crippen LogP contribution in [0.1, 0.15) is 96.8 Å². The van der Waals surface area contributed by atoms with Gasteiger partial charge in [-0.2, -0.15) is 0 Å². The molecule has 0 unspecified atom stereocenters. The molecule has 0 bridgehead atoms. The third-order valence-electron chi connectivity index (χ3n) is 5.38. The minimum Gasteiger partial charge on any atom is -0.744 e. The van der Waals surface area contributed by atoms with Gasteiger partial charge in [0, 0.05) is 12.1 Å². The minimum absolute atomic E-state index is 0. The average Bonchev–Trinajstić information content (AvgIpc) is 2.75. The number of rotatable bonds is 18. The van der Waals surface area contributed by atoms with Crippen LogP contribution >= 0.6 is 0 Å². The predicted octanol–water partition coefficient (Wildman–Crippen LogP) is 3.58. The summed E-state index contributed by atoms with van der Waals surface area (Å²) in [5.41, 5.74) is 0.276. The molecule has 0 aromatic heterocycles. The smallest absolute Gasteiger partial charge is 0.744 e. The Labute approximate surface area is 223 Å². The molecule has 182 valence electrons. The Hall–Kier alpha value is -0.860. The first kappa shape index (κ1) is 32.1. The molecular weight excluding hydrogens is 449 g/mol. The van der Waals surface area contributed by atoms with Crippen LogP contribution < -0.4 is 39.6 Å². The molecule has 1 N–H and O–H groups in total. The van der Waals surface area contributed by atoms with Gasteiger partial charge in [-0.05, 0) is 50.3 Å². The van der Waals surface area contributed by atoms with E-state index in [0.717, 1.165) is 38.2 Å². The van der Waals surface area contributed by atoms with Crippen molar-refractivity contribution < 1.29 is 52.1 Å². The Kier molecular flexibility index (Phi) is 18.9. The number of hydrogen-bond donors (Lipinski definition) is 1. The minimum atomic E-state index is -4.68. The molecule has 1 amide bonds. The van der Waals surface area contributed by atoms with E-state index in [4.69, 9.17) is 4.74 Å². The Morgan fingerprint density at radius 3 is 2.03 bits per heavy atom. The van der Waals surface area contributed by atoms with Crippen LogP contribution in [0.5, 0.6) is 5.75 Å². The van der Waals surface area contributed by atoms with Crippen LogP contribution in [0.4, 0.5) is 5.69 Å². The summed E-state index contributed by atoms with van der Waals surface area (Å²) in [5, 5.41) is 2.65. The van der Waals surface area contributed by atoms with Crippen molar-refractivity contribution in [1.29, 1.82) is 0 Å². The number of ether oxygens (including phenoxy) is 1. The Bertz CT molecular complexity index is 796. The number of nitrogens with one attached hydrogen (secondary N) is 1. The van der Waals surface area contributed by atoms with Crippen LogP contribution in [0.2, 0.25) is 0 Å². The van der Waals surface area contributed by atoms with Gasteiger partial charge in [-0.1, -0.05) is 70.4 Å². The summed E-state index contributed by atoms with van der Waals surface area (Å²) < 4.78 is 38.9. The monoisotopic (exact) mass is 489 g/mol. The summed E-state index contributed by atoms with van der Waals surface area (Å²) in [4.78, 5) is 11.6. The van der Waals surface area contributed by atoms with Crippen molar-refractivity contribution in [2.45, 2.75) is 102 Å². The van der Waals surface area contributed by atoms with Crippen LogP contribution in [0.25, 0.3) is 0 Å². The molecule has 0 fully saturated rings. The number of benzene rings is 1. The van der Waals surface area contributed by atoms with Crippen LogP contribution in [0.15, 0.2) is 35.2 Å². The van der Waals surface area contributed by atoms with Crippen molar-refractivity contribution in [3.8, 4) is 5.75 Å². The van der Waals surface area contributed by atoms with Crippen molar-refractivity contribution in [2.24, 2.45) is 0 Å². The zero-order valence-corrected chi connectivity index (χ0v) is 23.6. The van der Waals surface area contributed by atoms with E-state index in [1.165, 1.54) is 70.6 Å². The van der Waals surface area contributed by atoms with Crippen LogP contribution in [0.3, 0.4) is 0 Å². The molecule has 0 heterocycles. The fraction of sp³-hybridized carbons (Fsp3) is 0.640. The Balaban J connectivity index is 0.0000102. The molecule has 1 aromatic rings. The van der Waals surface area contributed by atoms with Crippen LogP contribution in [-0.4, -0.2) is 26.0 Å². The van der Waals surface area contributed by atoms with E-state index in [2.05, 4.69) is 24.4 Å². The fourth-order valence-corrected chi connectivity index (χ4v) is 4.20. The third kappa shape index (κ3) is 15.6. The molecule has 6 nitrogen and oxygen atoms in total. The van der Waals surface area contributed by atoms with Gasteiger partial charge in [0.1, 0.15) is 15.9 Å². The molecule has 33 heavy (non-hydrogen) atoms. The summed E-state index contributed by atoms with van der Waals surface area (Å²) in [7, 11) is -3.39. The Morgan fingerprint density at radius 1 is 0.939 bits per heavy atom. The summed E-state index contributed by atoms with van der Waals surface area (Å²) in [6, 6.07) is 4.02. The van der Waals surface area contributed by atoms with Gasteiger partial charge in [-0.25, -0.2) is 8.42 Å². The van der Waals surface area contributed by atoms with Crippen molar-refractivity contribution in [3.05, 3.63) is 30.4 Å². The van der Waals surface area contributed by atoms with Gasteiger partial charge in [0.15, 0.2) is 0 Å². The summed E-state index contributed by atoms with van der Waals surface area (Å²) in [6.45, 7) is 2.24. The van der Waals surface area contributed by atoms with Gasteiger partial charge in [0.05, 0.1) is 12.0 Å². The second kappa shape index (κ2) is 19.4. The van der Waals surface area contributed by atoms with Gasteiger partial charge in [-0.3, -0.25) is 4.79 Å². The maximum absolute atomic E-state index is 12.1. The SMILES string of the molecule is CCCCCCCC/C=C\CCCCCCCC(=O)Nc1ccc(OC)c(S(=O)(=O)[O-])c1.[Na+]. The number of methoxy groups -OCH3 is 1. The molecule has 0 radical (unpaired) electrons. The maximum Gasteiger partial charge on any atom is 1.00 e. The fourth-order valence-electron chi connectivity index (χ4n) is 3.53. The number of anilines is 1. The number of carbonyl (C=O) groups excluding carboxylic acids is 1. The molecule has 1 rings (SSSR count).